The third kappa shape index (κ3) is 4.40. The van der Waals surface area contributed by atoms with E-state index in [1.807, 2.05) is 24.3 Å². The van der Waals surface area contributed by atoms with Crippen molar-refractivity contribution in [1.82, 2.24) is 0 Å². The number of benzene rings is 1. The van der Waals surface area contributed by atoms with Gasteiger partial charge in [0.25, 0.3) is 0 Å². The number of nitrogens with one attached hydrogen (secondary N) is 1. The van der Waals surface area contributed by atoms with Crippen LogP contribution in [0.5, 0.6) is 0 Å². The van der Waals surface area contributed by atoms with Crippen molar-refractivity contribution in [2.75, 3.05) is 18.5 Å². The van der Waals surface area contributed by atoms with E-state index in [2.05, 4.69) is 5.32 Å². The number of rotatable bonds is 5. The number of alkyl halides is 2. The lowest BCUT2D eigenvalue weighted by molar-refractivity contribution is -0.0443. The molecule has 2 N–H and O–H groups in total. The van der Waals surface area contributed by atoms with Crippen LogP contribution in [0.4, 0.5) is 14.5 Å². The van der Waals surface area contributed by atoms with Crippen molar-refractivity contribution in [2.24, 2.45) is 5.92 Å². The van der Waals surface area contributed by atoms with Crippen molar-refractivity contribution in [2.45, 2.75) is 37.5 Å². The van der Waals surface area contributed by atoms with Crippen LogP contribution in [0.25, 0.3) is 0 Å². The monoisotopic (exact) mass is 294 g/mol. The van der Waals surface area contributed by atoms with Crippen LogP contribution in [0.3, 0.4) is 0 Å². The SMILES string of the molecule is N#CC(CO)c1cccc(NCC2CCC(F)(F)CC2)c1. The molecule has 0 aliphatic heterocycles. The Labute approximate surface area is 123 Å². The zero-order valence-electron chi connectivity index (χ0n) is 11.9. The molecule has 0 amide bonds. The van der Waals surface area contributed by atoms with E-state index < -0.39 is 11.8 Å². The highest BCUT2D eigenvalue weighted by Crippen LogP contribution is 2.36. The average Bonchev–Trinajstić information content (AvgIpc) is 2.48. The predicted octanol–water partition coefficient (Wildman–Crippen LogP) is 3.52. The maximum Gasteiger partial charge on any atom is 0.248 e. The van der Waals surface area contributed by atoms with Gasteiger partial charge in [-0.1, -0.05) is 12.1 Å². The molecule has 0 radical (unpaired) electrons. The highest BCUT2D eigenvalue weighted by Gasteiger charge is 2.34. The van der Waals surface area contributed by atoms with Gasteiger partial charge in [0.2, 0.25) is 5.92 Å². The Bertz CT molecular complexity index is 503. The van der Waals surface area contributed by atoms with Crippen molar-refractivity contribution in [3.63, 3.8) is 0 Å². The topological polar surface area (TPSA) is 56.0 Å². The molecule has 0 aromatic heterocycles. The van der Waals surface area contributed by atoms with Crippen molar-refractivity contribution in [3.05, 3.63) is 29.8 Å². The lowest BCUT2D eigenvalue weighted by atomic mass is 9.87. The zero-order chi connectivity index (χ0) is 15.3. The Morgan fingerprint density at radius 3 is 2.71 bits per heavy atom. The minimum absolute atomic E-state index is 0.0274. The van der Waals surface area contributed by atoms with Gasteiger partial charge in [-0.15, -0.1) is 0 Å². The van der Waals surface area contributed by atoms with E-state index in [0.717, 1.165) is 11.3 Å². The molecular weight excluding hydrogens is 274 g/mol. The van der Waals surface area contributed by atoms with Crippen LogP contribution in [-0.4, -0.2) is 24.2 Å². The van der Waals surface area contributed by atoms with Gasteiger partial charge in [-0.25, -0.2) is 8.78 Å². The summed E-state index contributed by atoms with van der Waals surface area (Å²) >= 11 is 0. The van der Waals surface area contributed by atoms with E-state index in [4.69, 9.17) is 10.4 Å². The Morgan fingerprint density at radius 2 is 2.10 bits per heavy atom. The Balaban J connectivity index is 1.89. The number of hydrogen-bond acceptors (Lipinski definition) is 3. The summed E-state index contributed by atoms with van der Waals surface area (Å²) in [6.07, 6.45) is 1.02. The third-order valence-corrected chi connectivity index (χ3v) is 4.06. The van der Waals surface area contributed by atoms with Crippen molar-refractivity contribution >= 4 is 5.69 Å². The highest BCUT2D eigenvalue weighted by molar-refractivity contribution is 5.47. The second kappa shape index (κ2) is 6.86. The molecule has 1 aromatic carbocycles. The lowest BCUT2D eigenvalue weighted by Crippen LogP contribution is -2.28. The Kier molecular flexibility index (Phi) is 5.13. The van der Waals surface area contributed by atoms with E-state index in [-0.39, 0.29) is 25.4 Å². The molecule has 1 aliphatic rings. The largest absolute Gasteiger partial charge is 0.395 e. The molecule has 1 saturated carbocycles. The van der Waals surface area contributed by atoms with Gasteiger partial charge in [-0.05, 0) is 36.5 Å². The zero-order valence-corrected chi connectivity index (χ0v) is 11.9. The summed E-state index contributed by atoms with van der Waals surface area (Å²) < 4.78 is 26.2. The molecule has 114 valence electrons. The van der Waals surface area contributed by atoms with Gasteiger partial charge in [-0.2, -0.15) is 5.26 Å². The van der Waals surface area contributed by atoms with Crippen LogP contribution in [0, 0.1) is 17.2 Å². The summed E-state index contributed by atoms with van der Waals surface area (Å²) in [6, 6.07) is 9.39. The van der Waals surface area contributed by atoms with Crippen molar-refractivity contribution < 1.29 is 13.9 Å². The molecule has 1 aliphatic carbocycles. The Morgan fingerprint density at radius 1 is 1.38 bits per heavy atom. The smallest absolute Gasteiger partial charge is 0.248 e. The fourth-order valence-corrected chi connectivity index (χ4v) is 2.65. The molecule has 3 nitrogen and oxygen atoms in total. The highest BCUT2D eigenvalue weighted by atomic mass is 19.3. The number of nitriles is 1. The van der Waals surface area contributed by atoms with Crippen LogP contribution in [0.15, 0.2) is 24.3 Å². The second-order valence-corrected chi connectivity index (χ2v) is 5.67. The predicted molar refractivity (Wildman–Crippen MR) is 77.3 cm³/mol. The molecular formula is C16H20F2N2O. The van der Waals surface area contributed by atoms with Crippen LogP contribution in [0.1, 0.15) is 37.2 Å². The maximum atomic E-state index is 13.1. The van der Waals surface area contributed by atoms with Gasteiger partial charge in [-0.3, -0.25) is 0 Å². The summed E-state index contributed by atoms with van der Waals surface area (Å²) in [4.78, 5) is 0. The van der Waals surface area contributed by atoms with Crippen molar-refractivity contribution in [1.29, 1.82) is 5.26 Å². The maximum absolute atomic E-state index is 13.1. The van der Waals surface area contributed by atoms with E-state index in [9.17, 15) is 8.78 Å². The number of hydrogen-bond donors (Lipinski definition) is 2. The van der Waals surface area contributed by atoms with Gasteiger partial charge < -0.3 is 10.4 Å². The molecule has 1 aromatic rings. The molecule has 2 rings (SSSR count). The van der Waals surface area contributed by atoms with Crippen LogP contribution in [-0.2, 0) is 0 Å². The van der Waals surface area contributed by atoms with Gasteiger partial charge in [0.05, 0.1) is 18.6 Å². The first-order valence-electron chi connectivity index (χ1n) is 7.26. The van der Waals surface area contributed by atoms with E-state index in [1.54, 1.807) is 6.07 Å². The van der Waals surface area contributed by atoms with Gasteiger partial charge in [0.1, 0.15) is 0 Å². The van der Waals surface area contributed by atoms with Crippen LogP contribution < -0.4 is 5.32 Å². The molecule has 1 unspecified atom stereocenters. The van der Waals surface area contributed by atoms with Gasteiger partial charge in [0, 0.05) is 25.1 Å². The first-order chi connectivity index (χ1) is 10.0. The van der Waals surface area contributed by atoms with Crippen LogP contribution >= 0.6 is 0 Å². The summed E-state index contributed by atoms with van der Waals surface area (Å²) in [5.41, 5.74) is 1.62. The molecule has 21 heavy (non-hydrogen) atoms. The second-order valence-electron chi connectivity index (χ2n) is 5.67. The van der Waals surface area contributed by atoms with E-state index in [1.165, 1.54) is 0 Å². The minimum Gasteiger partial charge on any atom is -0.395 e. The lowest BCUT2D eigenvalue weighted by Gasteiger charge is -2.28. The summed E-state index contributed by atoms with van der Waals surface area (Å²) in [5.74, 6) is -2.75. The third-order valence-electron chi connectivity index (χ3n) is 4.06. The molecule has 0 bridgehead atoms. The molecule has 0 saturated heterocycles. The molecule has 5 heteroatoms. The summed E-state index contributed by atoms with van der Waals surface area (Å²) in [5, 5.41) is 21.3. The standard InChI is InChI=1S/C16H20F2N2O/c17-16(18)6-4-12(5-7-16)10-20-15-3-1-2-13(8-15)14(9-19)11-21/h1-3,8,12,14,20-21H,4-7,10-11H2. The average molecular weight is 294 g/mol. The molecule has 1 fully saturated rings. The number of anilines is 1. The number of aliphatic hydroxyl groups is 1. The van der Waals surface area contributed by atoms with Crippen molar-refractivity contribution in [3.8, 4) is 6.07 Å². The number of halogens is 2. The first-order valence-corrected chi connectivity index (χ1v) is 7.26. The molecule has 0 heterocycles. The van der Waals surface area contributed by atoms with Crippen LogP contribution in [0.2, 0.25) is 0 Å². The fourth-order valence-electron chi connectivity index (χ4n) is 2.65. The molecule has 1 atom stereocenters. The summed E-state index contributed by atoms with van der Waals surface area (Å²) in [7, 11) is 0. The van der Waals surface area contributed by atoms with E-state index >= 15 is 0 Å². The minimum atomic E-state index is -2.49. The fraction of sp³-hybridized carbons (Fsp3) is 0.562. The quantitative estimate of drug-likeness (QED) is 0.873. The Hall–Kier alpha value is -1.67. The first kappa shape index (κ1) is 15.7. The number of aliphatic hydroxyl groups excluding tert-OH is 1. The molecule has 0 spiro atoms. The number of nitrogens with zero attached hydrogens (tertiary/aromatic N) is 1. The normalized spacial score (nSPS) is 19.7. The summed E-state index contributed by atoms with van der Waals surface area (Å²) in [6.45, 7) is 0.452. The van der Waals surface area contributed by atoms with Gasteiger partial charge >= 0.3 is 0 Å². The van der Waals surface area contributed by atoms with E-state index in [0.29, 0.717) is 19.4 Å². The van der Waals surface area contributed by atoms with Gasteiger partial charge in [0.15, 0.2) is 0 Å².